The van der Waals surface area contributed by atoms with E-state index in [1.54, 1.807) is 0 Å². The second kappa shape index (κ2) is 7.01. The zero-order valence-electron chi connectivity index (χ0n) is 14.0. The minimum atomic E-state index is -0.783. The molecule has 3 rings (SSSR count). The average Bonchev–Trinajstić information content (AvgIpc) is 3.01. The molecule has 0 spiro atoms. The van der Waals surface area contributed by atoms with E-state index in [1.807, 2.05) is 38.1 Å². The number of para-hydroxylation sites is 2. The van der Waals surface area contributed by atoms with Gasteiger partial charge in [0.1, 0.15) is 17.5 Å². The Morgan fingerprint density at radius 1 is 1.20 bits per heavy atom. The number of fused-ring (bicyclic) bond motifs is 1. The molecule has 6 heteroatoms. The van der Waals surface area contributed by atoms with Gasteiger partial charge in [-0.3, -0.25) is 4.79 Å². The number of carbonyl (C=O) groups excluding carboxylic acids is 1. The van der Waals surface area contributed by atoms with Crippen molar-refractivity contribution in [3.05, 3.63) is 65.5 Å². The summed E-state index contributed by atoms with van der Waals surface area (Å²) in [4.78, 5) is 20.2. The molecule has 0 radical (unpaired) electrons. The van der Waals surface area contributed by atoms with E-state index in [-0.39, 0.29) is 11.5 Å². The number of rotatable bonds is 5. The SMILES string of the molecule is CC[C@@H](C)[C@@H](NC(=O)c1cc(F)cc(F)c1)c1nc2ccccc2[nH]1. The van der Waals surface area contributed by atoms with Crippen molar-refractivity contribution in [2.75, 3.05) is 0 Å². The molecular formula is C19H19F2N3O. The summed E-state index contributed by atoms with van der Waals surface area (Å²) < 4.78 is 26.7. The molecule has 130 valence electrons. The van der Waals surface area contributed by atoms with Crippen LogP contribution < -0.4 is 5.32 Å². The van der Waals surface area contributed by atoms with Gasteiger partial charge in [0.2, 0.25) is 0 Å². The third-order valence-corrected chi connectivity index (χ3v) is 4.33. The lowest BCUT2D eigenvalue weighted by Crippen LogP contribution is -2.33. The van der Waals surface area contributed by atoms with Crippen LogP contribution in [0.25, 0.3) is 11.0 Å². The molecule has 0 fully saturated rings. The van der Waals surface area contributed by atoms with E-state index in [1.165, 1.54) is 0 Å². The minimum absolute atomic E-state index is 0.0538. The molecule has 1 aromatic heterocycles. The van der Waals surface area contributed by atoms with Gasteiger partial charge in [0, 0.05) is 11.6 Å². The van der Waals surface area contributed by atoms with Crippen LogP contribution >= 0.6 is 0 Å². The van der Waals surface area contributed by atoms with Gasteiger partial charge >= 0.3 is 0 Å². The van der Waals surface area contributed by atoms with Crippen molar-refractivity contribution < 1.29 is 13.6 Å². The molecule has 0 aliphatic rings. The van der Waals surface area contributed by atoms with Crippen molar-refractivity contribution in [2.45, 2.75) is 26.3 Å². The molecule has 3 aromatic rings. The minimum Gasteiger partial charge on any atom is -0.342 e. The molecule has 0 saturated heterocycles. The number of H-pyrrole nitrogens is 1. The molecule has 1 amide bonds. The van der Waals surface area contributed by atoms with Crippen molar-refractivity contribution in [1.29, 1.82) is 0 Å². The second-order valence-corrected chi connectivity index (χ2v) is 6.13. The van der Waals surface area contributed by atoms with Crippen LogP contribution in [-0.4, -0.2) is 15.9 Å². The summed E-state index contributed by atoms with van der Waals surface area (Å²) in [7, 11) is 0. The normalized spacial score (nSPS) is 13.6. The fraction of sp³-hybridized carbons (Fsp3) is 0.263. The highest BCUT2D eigenvalue weighted by molar-refractivity contribution is 5.94. The lowest BCUT2D eigenvalue weighted by atomic mass is 9.98. The average molecular weight is 343 g/mol. The number of benzene rings is 2. The molecule has 1 heterocycles. The fourth-order valence-corrected chi connectivity index (χ4v) is 2.75. The highest BCUT2D eigenvalue weighted by Crippen LogP contribution is 2.25. The van der Waals surface area contributed by atoms with Gasteiger partial charge in [-0.1, -0.05) is 32.4 Å². The Hall–Kier alpha value is -2.76. The molecule has 2 N–H and O–H groups in total. The van der Waals surface area contributed by atoms with Crippen LogP contribution in [0.4, 0.5) is 8.78 Å². The number of aromatic amines is 1. The summed E-state index contributed by atoms with van der Waals surface area (Å²) in [6, 6.07) is 9.96. The van der Waals surface area contributed by atoms with Crippen molar-refractivity contribution in [1.82, 2.24) is 15.3 Å². The highest BCUT2D eigenvalue weighted by Gasteiger charge is 2.24. The Morgan fingerprint density at radius 2 is 1.88 bits per heavy atom. The number of amides is 1. The van der Waals surface area contributed by atoms with Crippen LogP contribution in [0.1, 0.15) is 42.5 Å². The number of imidazole rings is 1. The maximum absolute atomic E-state index is 13.4. The third kappa shape index (κ3) is 3.68. The number of hydrogen-bond acceptors (Lipinski definition) is 2. The van der Waals surface area contributed by atoms with Gasteiger partial charge in [0.25, 0.3) is 5.91 Å². The maximum Gasteiger partial charge on any atom is 0.252 e. The zero-order valence-corrected chi connectivity index (χ0v) is 14.0. The highest BCUT2D eigenvalue weighted by atomic mass is 19.1. The molecule has 0 aliphatic heterocycles. The van der Waals surface area contributed by atoms with Crippen molar-refractivity contribution in [3.8, 4) is 0 Å². The summed E-state index contributed by atoms with van der Waals surface area (Å²) in [6.45, 7) is 4.00. The Kier molecular flexibility index (Phi) is 4.79. The standard InChI is InChI=1S/C19H19F2N3O/c1-3-11(2)17(18-22-15-6-4-5-7-16(15)23-18)24-19(25)12-8-13(20)10-14(21)9-12/h4-11,17H,3H2,1-2H3,(H,22,23)(H,24,25)/t11-,17-/m1/s1. The Balaban J connectivity index is 1.92. The predicted octanol–water partition coefficient (Wildman–Crippen LogP) is 4.36. The van der Waals surface area contributed by atoms with Crippen LogP contribution in [0.5, 0.6) is 0 Å². The van der Waals surface area contributed by atoms with Crippen LogP contribution in [0.3, 0.4) is 0 Å². The topological polar surface area (TPSA) is 57.8 Å². The maximum atomic E-state index is 13.4. The lowest BCUT2D eigenvalue weighted by Gasteiger charge is -2.22. The van der Waals surface area contributed by atoms with Gasteiger partial charge in [0.05, 0.1) is 17.1 Å². The smallest absolute Gasteiger partial charge is 0.252 e. The largest absolute Gasteiger partial charge is 0.342 e. The first-order valence-electron chi connectivity index (χ1n) is 8.19. The molecule has 0 aliphatic carbocycles. The van der Waals surface area contributed by atoms with Gasteiger partial charge in [-0.25, -0.2) is 13.8 Å². The van der Waals surface area contributed by atoms with Crippen LogP contribution in [0.15, 0.2) is 42.5 Å². The first-order valence-corrected chi connectivity index (χ1v) is 8.19. The van der Waals surface area contributed by atoms with Gasteiger partial charge in [-0.2, -0.15) is 0 Å². The van der Waals surface area contributed by atoms with Crippen LogP contribution in [0.2, 0.25) is 0 Å². The van der Waals surface area contributed by atoms with Crippen LogP contribution in [0, 0.1) is 17.6 Å². The predicted molar refractivity (Wildman–Crippen MR) is 92.1 cm³/mol. The van der Waals surface area contributed by atoms with Crippen molar-refractivity contribution in [3.63, 3.8) is 0 Å². The van der Waals surface area contributed by atoms with Gasteiger partial charge < -0.3 is 10.3 Å². The van der Waals surface area contributed by atoms with E-state index < -0.39 is 23.6 Å². The van der Waals surface area contributed by atoms with Gasteiger partial charge in [-0.15, -0.1) is 0 Å². The first kappa shape index (κ1) is 17.1. The first-order chi connectivity index (χ1) is 12.0. The lowest BCUT2D eigenvalue weighted by molar-refractivity contribution is 0.0919. The quantitative estimate of drug-likeness (QED) is 0.723. The molecule has 4 nitrogen and oxygen atoms in total. The summed E-state index contributed by atoms with van der Waals surface area (Å²) in [6.07, 6.45) is 0.805. The molecular weight excluding hydrogens is 324 g/mol. The van der Waals surface area contributed by atoms with Gasteiger partial charge in [0.15, 0.2) is 0 Å². The summed E-state index contributed by atoms with van der Waals surface area (Å²) in [5.74, 6) is -1.39. The van der Waals surface area contributed by atoms with Crippen LogP contribution in [-0.2, 0) is 0 Å². The number of nitrogens with zero attached hydrogens (tertiary/aromatic N) is 1. The summed E-state index contributed by atoms with van der Waals surface area (Å²) in [5, 5.41) is 2.85. The summed E-state index contributed by atoms with van der Waals surface area (Å²) >= 11 is 0. The number of hydrogen-bond donors (Lipinski definition) is 2. The Bertz CT molecular complexity index is 853. The fourth-order valence-electron chi connectivity index (χ4n) is 2.75. The van der Waals surface area contributed by atoms with E-state index in [0.29, 0.717) is 5.82 Å². The zero-order chi connectivity index (χ0) is 18.0. The van der Waals surface area contributed by atoms with E-state index in [2.05, 4.69) is 15.3 Å². The van der Waals surface area contributed by atoms with Crippen molar-refractivity contribution in [2.24, 2.45) is 5.92 Å². The van der Waals surface area contributed by atoms with E-state index in [0.717, 1.165) is 35.7 Å². The van der Waals surface area contributed by atoms with Gasteiger partial charge in [-0.05, 0) is 30.2 Å². The molecule has 25 heavy (non-hydrogen) atoms. The molecule has 0 bridgehead atoms. The molecule has 2 aromatic carbocycles. The molecule has 2 atom stereocenters. The van der Waals surface area contributed by atoms with E-state index in [4.69, 9.17) is 0 Å². The van der Waals surface area contributed by atoms with Crippen molar-refractivity contribution >= 4 is 16.9 Å². The third-order valence-electron chi connectivity index (χ3n) is 4.33. The number of halogens is 2. The molecule has 0 unspecified atom stereocenters. The Labute approximate surface area is 144 Å². The Morgan fingerprint density at radius 3 is 2.52 bits per heavy atom. The monoisotopic (exact) mass is 343 g/mol. The number of carbonyl (C=O) groups is 1. The molecule has 0 saturated carbocycles. The van der Waals surface area contributed by atoms with E-state index >= 15 is 0 Å². The summed E-state index contributed by atoms with van der Waals surface area (Å²) in [5.41, 5.74) is 1.62. The van der Waals surface area contributed by atoms with E-state index in [9.17, 15) is 13.6 Å². The second-order valence-electron chi connectivity index (χ2n) is 6.13. The number of aromatic nitrogens is 2. The number of nitrogens with one attached hydrogen (secondary N) is 2.